The Morgan fingerprint density at radius 1 is 1.23 bits per heavy atom. The molecule has 1 saturated heterocycles. The van der Waals surface area contributed by atoms with Crippen LogP contribution in [0.1, 0.15) is 34.5 Å². The quantitative estimate of drug-likeness (QED) is 0.691. The number of aryl methyl sites for hydroxylation is 1. The van der Waals surface area contributed by atoms with Gasteiger partial charge in [-0.1, -0.05) is 30.3 Å². The van der Waals surface area contributed by atoms with Gasteiger partial charge in [-0.25, -0.2) is 0 Å². The summed E-state index contributed by atoms with van der Waals surface area (Å²) in [6.45, 7) is 2.73. The summed E-state index contributed by atoms with van der Waals surface area (Å²) in [5.74, 6) is 1.22. The Labute approximate surface area is 153 Å². The standard InChI is InChI=1S/C22H23NO3/c1-15-19-14-18(25-2)10-11-20(19)26-21(15)22(24)23-12-6-9-17(23)13-16-7-4-3-5-8-16/h3-5,7-8,10-11,14,17H,6,9,12-13H2,1-2H3. The van der Waals surface area contributed by atoms with Crippen LogP contribution in [0.5, 0.6) is 5.75 Å². The van der Waals surface area contributed by atoms with Crippen molar-refractivity contribution in [3.8, 4) is 5.75 Å². The fourth-order valence-corrected chi connectivity index (χ4v) is 3.86. The third-order valence-electron chi connectivity index (χ3n) is 5.29. The van der Waals surface area contributed by atoms with E-state index in [-0.39, 0.29) is 11.9 Å². The molecule has 1 unspecified atom stereocenters. The number of hydrogen-bond donors (Lipinski definition) is 0. The number of nitrogens with zero attached hydrogens (tertiary/aromatic N) is 1. The van der Waals surface area contributed by atoms with E-state index < -0.39 is 0 Å². The summed E-state index contributed by atoms with van der Waals surface area (Å²) in [5, 5.41) is 0.937. The lowest BCUT2D eigenvalue weighted by atomic mass is 10.0. The number of likely N-dealkylation sites (tertiary alicyclic amines) is 1. The maximum absolute atomic E-state index is 13.2. The van der Waals surface area contributed by atoms with E-state index in [9.17, 15) is 4.79 Å². The van der Waals surface area contributed by atoms with Crippen LogP contribution in [-0.4, -0.2) is 30.5 Å². The fraction of sp³-hybridized carbons (Fsp3) is 0.318. The van der Waals surface area contributed by atoms with Gasteiger partial charge in [0.1, 0.15) is 11.3 Å². The molecule has 0 N–H and O–H groups in total. The molecule has 4 heteroatoms. The molecule has 3 aromatic rings. The van der Waals surface area contributed by atoms with Gasteiger partial charge in [0.15, 0.2) is 5.76 Å². The maximum atomic E-state index is 13.2. The summed E-state index contributed by atoms with van der Waals surface area (Å²) in [4.78, 5) is 15.2. The second-order valence-electron chi connectivity index (χ2n) is 6.90. The van der Waals surface area contributed by atoms with Gasteiger partial charge in [0.05, 0.1) is 7.11 Å². The Balaban J connectivity index is 1.62. The molecule has 2 aromatic carbocycles. The molecule has 1 atom stereocenters. The Kier molecular flexibility index (Phi) is 4.41. The highest BCUT2D eigenvalue weighted by atomic mass is 16.5. The number of furan rings is 1. The number of benzene rings is 2. The molecule has 1 aliphatic heterocycles. The number of fused-ring (bicyclic) bond motifs is 1. The molecular weight excluding hydrogens is 326 g/mol. The van der Waals surface area contributed by atoms with Crippen LogP contribution in [0.3, 0.4) is 0 Å². The molecule has 0 aliphatic carbocycles. The Morgan fingerprint density at radius 3 is 2.81 bits per heavy atom. The molecule has 2 heterocycles. The first-order valence-electron chi connectivity index (χ1n) is 9.09. The van der Waals surface area contributed by atoms with Crippen LogP contribution < -0.4 is 4.74 Å². The van der Waals surface area contributed by atoms with Crippen LogP contribution in [-0.2, 0) is 6.42 Å². The SMILES string of the molecule is COc1ccc2oc(C(=O)N3CCCC3Cc3ccccc3)c(C)c2c1. The highest BCUT2D eigenvalue weighted by Gasteiger charge is 2.32. The number of carbonyl (C=O) groups excluding carboxylic acids is 1. The molecule has 26 heavy (non-hydrogen) atoms. The zero-order valence-electron chi connectivity index (χ0n) is 15.2. The monoisotopic (exact) mass is 349 g/mol. The molecule has 1 fully saturated rings. The van der Waals surface area contributed by atoms with Gasteiger partial charge in [-0.05, 0) is 49.9 Å². The van der Waals surface area contributed by atoms with Gasteiger partial charge in [-0.2, -0.15) is 0 Å². The summed E-state index contributed by atoms with van der Waals surface area (Å²) in [6, 6.07) is 16.2. The van der Waals surface area contributed by atoms with E-state index in [4.69, 9.17) is 9.15 Å². The Morgan fingerprint density at radius 2 is 2.04 bits per heavy atom. The van der Waals surface area contributed by atoms with Gasteiger partial charge in [-0.15, -0.1) is 0 Å². The van der Waals surface area contributed by atoms with Gasteiger partial charge >= 0.3 is 0 Å². The average molecular weight is 349 g/mol. The van der Waals surface area contributed by atoms with Crippen LogP contribution in [0.15, 0.2) is 52.9 Å². The van der Waals surface area contributed by atoms with E-state index in [0.29, 0.717) is 5.76 Å². The maximum Gasteiger partial charge on any atom is 0.290 e. The lowest BCUT2D eigenvalue weighted by molar-refractivity contribution is 0.0705. The van der Waals surface area contributed by atoms with Crippen LogP contribution in [0.25, 0.3) is 11.0 Å². The van der Waals surface area contributed by atoms with Gasteiger partial charge in [0.25, 0.3) is 5.91 Å². The number of carbonyl (C=O) groups is 1. The zero-order valence-corrected chi connectivity index (χ0v) is 15.2. The van der Waals surface area contributed by atoms with Gasteiger partial charge in [-0.3, -0.25) is 4.79 Å². The van der Waals surface area contributed by atoms with E-state index in [2.05, 4.69) is 12.1 Å². The van der Waals surface area contributed by atoms with Crippen molar-refractivity contribution in [2.45, 2.75) is 32.2 Å². The third kappa shape index (κ3) is 2.96. The smallest absolute Gasteiger partial charge is 0.290 e. The van der Waals surface area contributed by atoms with E-state index in [1.54, 1.807) is 7.11 Å². The van der Waals surface area contributed by atoms with E-state index in [1.807, 2.05) is 48.2 Å². The molecule has 0 bridgehead atoms. The normalized spacial score (nSPS) is 17.0. The largest absolute Gasteiger partial charge is 0.497 e. The molecule has 0 radical (unpaired) electrons. The van der Waals surface area contributed by atoms with Crippen molar-refractivity contribution < 1.29 is 13.9 Å². The van der Waals surface area contributed by atoms with Crippen molar-refractivity contribution in [2.75, 3.05) is 13.7 Å². The second-order valence-corrected chi connectivity index (χ2v) is 6.90. The summed E-state index contributed by atoms with van der Waals surface area (Å²) < 4.78 is 11.2. The molecule has 1 amide bonds. The minimum absolute atomic E-state index is 0.00361. The molecule has 134 valence electrons. The molecule has 1 aromatic heterocycles. The first-order valence-corrected chi connectivity index (χ1v) is 9.09. The number of hydrogen-bond acceptors (Lipinski definition) is 3. The van der Waals surface area contributed by atoms with Gasteiger partial charge < -0.3 is 14.1 Å². The average Bonchev–Trinajstić information content (AvgIpc) is 3.26. The lowest BCUT2D eigenvalue weighted by Gasteiger charge is -2.24. The first-order chi connectivity index (χ1) is 12.7. The van der Waals surface area contributed by atoms with Crippen molar-refractivity contribution in [3.63, 3.8) is 0 Å². The number of ether oxygens (including phenoxy) is 1. The third-order valence-corrected chi connectivity index (χ3v) is 5.29. The zero-order chi connectivity index (χ0) is 18.1. The second kappa shape index (κ2) is 6.87. The number of rotatable bonds is 4. The number of amides is 1. The summed E-state index contributed by atoms with van der Waals surface area (Å²) >= 11 is 0. The van der Waals surface area contributed by atoms with Gasteiger partial charge in [0.2, 0.25) is 0 Å². The fourth-order valence-electron chi connectivity index (χ4n) is 3.86. The van der Waals surface area contributed by atoms with E-state index in [1.165, 1.54) is 5.56 Å². The number of methoxy groups -OCH3 is 1. The van der Waals surface area contributed by atoms with Crippen molar-refractivity contribution in [1.82, 2.24) is 4.90 Å². The minimum Gasteiger partial charge on any atom is -0.497 e. The summed E-state index contributed by atoms with van der Waals surface area (Å²) in [5.41, 5.74) is 2.88. The minimum atomic E-state index is -0.00361. The Bertz CT molecular complexity index is 929. The van der Waals surface area contributed by atoms with Crippen LogP contribution in [0.2, 0.25) is 0 Å². The Hall–Kier alpha value is -2.75. The van der Waals surface area contributed by atoms with E-state index in [0.717, 1.165) is 48.1 Å². The van der Waals surface area contributed by atoms with E-state index >= 15 is 0 Å². The predicted molar refractivity (Wildman–Crippen MR) is 102 cm³/mol. The molecule has 4 nitrogen and oxygen atoms in total. The van der Waals surface area contributed by atoms with Crippen LogP contribution in [0, 0.1) is 6.92 Å². The van der Waals surface area contributed by atoms with Gasteiger partial charge in [0, 0.05) is 23.5 Å². The van der Waals surface area contributed by atoms with Crippen molar-refractivity contribution >= 4 is 16.9 Å². The summed E-state index contributed by atoms with van der Waals surface area (Å²) in [6.07, 6.45) is 2.96. The molecular formula is C22H23NO3. The molecule has 1 aliphatic rings. The van der Waals surface area contributed by atoms with Crippen LogP contribution in [0.4, 0.5) is 0 Å². The van der Waals surface area contributed by atoms with Crippen molar-refractivity contribution in [2.24, 2.45) is 0 Å². The molecule has 0 spiro atoms. The lowest BCUT2D eigenvalue weighted by Crippen LogP contribution is -2.36. The summed E-state index contributed by atoms with van der Waals surface area (Å²) in [7, 11) is 1.64. The van der Waals surface area contributed by atoms with Crippen LogP contribution >= 0.6 is 0 Å². The predicted octanol–water partition coefficient (Wildman–Crippen LogP) is 4.60. The topological polar surface area (TPSA) is 42.7 Å². The highest BCUT2D eigenvalue weighted by molar-refractivity contribution is 5.99. The molecule has 0 saturated carbocycles. The first kappa shape index (κ1) is 16.7. The van der Waals surface area contributed by atoms with Crippen molar-refractivity contribution in [1.29, 1.82) is 0 Å². The highest BCUT2D eigenvalue weighted by Crippen LogP contribution is 2.31. The molecule has 4 rings (SSSR count). The van der Waals surface area contributed by atoms with Crippen molar-refractivity contribution in [3.05, 3.63) is 65.4 Å².